The molecule has 0 aliphatic heterocycles. The van der Waals surface area contributed by atoms with Crippen LogP contribution < -0.4 is 0 Å². The minimum absolute atomic E-state index is 0.0942. The summed E-state index contributed by atoms with van der Waals surface area (Å²) in [5.74, 6) is -1.53. The van der Waals surface area contributed by atoms with Crippen molar-refractivity contribution in [3.63, 3.8) is 0 Å². The Morgan fingerprint density at radius 3 is 2.62 bits per heavy atom. The van der Waals surface area contributed by atoms with Gasteiger partial charge in [0.05, 0.1) is 5.56 Å². The van der Waals surface area contributed by atoms with Gasteiger partial charge in [-0.15, -0.1) is 0 Å². The predicted molar refractivity (Wildman–Crippen MR) is 59.2 cm³/mol. The number of para-hydroxylation sites is 1. The van der Waals surface area contributed by atoms with E-state index in [4.69, 9.17) is 0 Å². The molecule has 1 N–H and O–H groups in total. The highest BCUT2D eigenvalue weighted by Crippen LogP contribution is 2.22. The van der Waals surface area contributed by atoms with Crippen LogP contribution in [0.3, 0.4) is 0 Å². The number of allylic oxidation sites excluding steroid dienone is 4. The first-order valence-electron chi connectivity index (χ1n) is 4.91. The summed E-state index contributed by atoms with van der Waals surface area (Å²) in [6.45, 7) is 0. The molecule has 2 rings (SSSR count). The molecule has 3 heteroatoms. The highest BCUT2D eigenvalue weighted by molar-refractivity contribution is 6.16. The molecular weight excluding hydrogens is 204 g/mol. The summed E-state index contributed by atoms with van der Waals surface area (Å²) in [4.78, 5) is 23.4. The van der Waals surface area contributed by atoms with Gasteiger partial charge in [-0.05, 0) is 18.2 Å². The number of hydrogen-bond acceptors (Lipinski definition) is 3. The molecule has 1 aliphatic rings. The largest absolute Gasteiger partial charge is 0.507 e. The molecule has 0 bridgehead atoms. The van der Waals surface area contributed by atoms with Crippen LogP contribution in [0.1, 0.15) is 10.4 Å². The summed E-state index contributed by atoms with van der Waals surface area (Å²) in [6, 6.07) is 6.22. The van der Waals surface area contributed by atoms with Crippen LogP contribution in [0, 0.1) is 5.92 Å². The van der Waals surface area contributed by atoms with Crippen LogP contribution in [0.4, 0.5) is 0 Å². The Morgan fingerprint density at radius 1 is 1.19 bits per heavy atom. The van der Waals surface area contributed by atoms with Gasteiger partial charge in [0.15, 0.2) is 11.6 Å². The van der Waals surface area contributed by atoms with E-state index in [-0.39, 0.29) is 22.9 Å². The quantitative estimate of drug-likeness (QED) is 0.604. The fourth-order valence-electron chi connectivity index (χ4n) is 1.59. The molecule has 1 aromatic rings. The van der Waals surface area contributed by atoms with E-state index < -0.39 is 5.92 Å². The zero-order valence-electron chi connectivity index (χ0n) is 8.46. The second kappa shape index (κ2) is 4.14. The number of ketones is 2. The molecule has 0 spiro atoms. The molecule has 0 radical (unpaired) electrons. The van der Waals surface area contributed by atoms with Crippen LogP contribution in [0.5, 0.6) is 5.75 Å². The summed E-state index contributed by atoms with van der Waals surface area (Å²) in [5, 5.41) is 9.52. The lowest BCUT2D eigenvalue weighted by Crippen LogP contribution is -2.22. The summed E-state index contributed by atoms with van der Waals surface area (Å²) in [5.41, 5.74) is 0.181. The van der Waals surface area contributed by atoms with Crippen molar-refractivity contribution in [3.8, 4) is 5.75 Å². The van der Waals surface area contributed by atoms with Crippen LogP contribution in [0.25, 0.3) is 0 Å². The van der Waals surface area contributed by atoms with E-state index in [2.05, 4.69) is 0 Å². The van der Waals surface area contributed by atoms with Crippen molar-refractivity contribution in [2.24, 2.45) is 5.92 Å². The molecule has 0 saturated carbocycles. The van der Waals surface area contributed by atoms with Crippen molar-refractivity contribution in [1.29, 1.82) is 0 Å². The second-order valence-electron chi connectivity index (χ2n) is 3.51. The number of phenolic OH excluding ortho intramolecular Hbond substituents is 1. The Hall–Kier alpha value is -2.16. The normalized spacial score (nSPS) is 18.8. The number of carbonyl (C=O) groups excluding carboxylic acids is 2. The molecule has 1 atom stereocenters. The Kier molecular flexibility index (Phi) is 2.68. The standard InChI is InChI=1S/C13H10O3/c14-11-7-3-1-5-9(11)13(16)10-6-2-4-8-12(10)15/h1-9,15H. The molecule has 0 heterocycles. The maximum Gasteiger partial charge on any atom is 0.181 e. The molecule has 1 aromatic carbocycles. The van der Waals surface area contributed by atoms with Crippen molar-refractivity contribution >= 4 is 11.6 Å². The lowest BCUT2D eigenvalue weighted by Gasteiger charge is -2.11. The number of Topliss-reactive ketones (excluding diaryl/α,β-unsaturated/α-hetero) is 1. The van der Waals surface area contributed by atoms with Crippen LogP contribution in [-0.2, 0) is 4.79 Å². The summed E-state index contributed by atoms with van der Waals surface area (Å²) < 4.78 is 0. The van der Waals surface area contributed by atoms with Gasteiger partial charge in [0.25, 0.3) is 0 Å². The van der Waals surface area contributed by atoms with Gasteiger partial charge < -0.3 is 5.11 Å². The highest BCUT2D eigenvalue weighted by atomic mass is 16.3. The molecule has 16 heavy (non-hydrogen) atoms. The monoisotopic (exact) mass is 214 g/mol. The Bertz CT molecular complexity index is 498. The fourth-order valence-corrected chi connectivity index (χ4v) is 1.59. The van der Waals surface area contributed by atoms with Gasteiger partial charge in [0, 0.05) is 0 Å². The third kappa shape index (κ3) is 1.80. The molecule has 3 nitrogen and oxygen atoms in total. The molecule has 1 aliphatic carbocycles. The Labute approximate surface area is 92.7 Å². The summed E-state index contributed by atoms with van der Waals surface area (Å²) in [7, 11) is 0. The van der Waals surface area contributed by atoms with E-state index in [1.54, 1.807) is 24.3 Å². The third-order valence-corrected chi connectivity index (χ3v) is 2.43. The van der Waals surface area contributed by atoms with Gasteiger partial charge in [-0.3, -0.25) is 9.59 Å². The number of phenols is 1. The van der Waals surface area contributed by atoms with Crippen LogP contribution in [0.15, 0.2) is 48.6 Å². The highest BCUT2D eigenvalue weighted by Gasteiger charge is 2.25. The molecule has 80 valence electrons. The molecule has 1 unspecified atom stereocenters. The SMILES string of the molecule is O=C1C=CC=CC1C(=O)c1ccccc1O. The van der Waals surface area contributed by atoms with Crippen molar-refractivity contribution in [3.05, 3.63) is 54.1 Å². The average Bonchev–Trinajstić information content (AvgIpc) is 2.29. The van der Waals surface area contributed by atoms with E-state index in [0.29, 0.717) is 0 Å². The fraction of sp³-hybridized carbons (Fsp3) is 0.0769. The Morgan fingerprint density at radius 2 is 1.94 bits per heavy atom. The number of hydrogen-bond donors (Lipinski definition) is 1. The summed E-state index contributed by atoms with van der Waals surface area (Å²) >= 11 is 0. The van der Waals surface area contributed by atoms with Crippen LogP contribution >= 0.6 is 0 Å². The Balaban J connectivity index is 2.33. The molecule has 0 fully saturated rings. The van der Waals surface area contributed by atoms with E-state index >= 15 is 0 Å². The minimum Gasteiger partial charge on any atom is -0.507 e. The topological polar surface area (TPSA) is 54.4 Å². The first-order chi connectivity index (χ1) is 7.70. The maximum absolute atomic E-state index is 12.0. The number of carbonyl (C=O) groups is 2. The third-order valence-electron chi connectivity index (χ3n) is 2.43. The van der Waals surface area contributed by atoms with Gasteiger partial charge >= 0.3 is 0 Å². The lowest BCUT2D eigenvalue weighted by molar-refractivity contribution is -0.115. The number of aromatic hydroxyl groups is 1. The molecule has 0 aromatic heterocycles. The first kappa shape index (κ1) is 10.4. The van der Waals surface area contributed by atoms with Crippen LogP contribution in [0.2, 0.25) is 0 Å². The van der Waals surface area contributed by atoms with Gasteiger partial charge in [-0.25, -0.2) is 0 Å². The second-order valence-corrected chi connectivity index (χ2v) is 3.51. The van der Waals surface area contributed by atoms with Gasteiger partial charge in [-0.1, -0.05) is 30.4 Å². The van der Waals surface area contributed by atoms with Crippen molar-refractivity contribution in [2.75, 3.05) is 0 Å². The van der Waals surface area contributed by atoms with Gasteiger partial charge in [0.1, 0.15) is 11.7 Å². The summed E-state index contributed by atoms with van der Waals surface area (Å²) in [6.07, 6.45) is 6.15. The van der Waals surface area contributed by atoms with Crippen molar-refractivity contribution in [2.45, 2.75) is 0 Å². The van der Waals surface area contributed by atoms with Gasteiger partial charge in [-0.2, -0.15) is 0 Å². The van der Waals surface area contributed by atoms with Crippen molar-refractivity contribution < 1.29 is 14.7 Å². The van der Waals surface area contributed by atoms with Crippen LogP contribution in [-0.4, -0.2) is 16.7 Å². The smallest absolute Gasteiger partial charge is 0.181 e. The molecular formula is C13H10O3. The predicted octanol–water partition coefficient (Wildman–Crippen LogP) is 1.89. The van der Waals surface area contributed by atoms with E-state index in [0.717, 1.165) is 0 Å². The molecule has 0 amide bonds. The zero-order chi connectivity index (χ0) is 11.5. The van der Waals surface area contributed by atoms with E-state index in [1.165, 1.54) is 24.3 Å². The number of rotatable bonds is 2. The minimum atomic E-state index is -0.807. The first-order valence-corrected chi connectivity index (χ1v) is 4.91. The maximum atomic E-state index is 12.0. The number of benzene rings is 1. The van der Waals surface area contributed by atoms with Crippen molar-refractivity contribution in [1.82, 2.24) is 0 Å². The van der Waals surface area contributed by atoms with Gasteiger partial charge in [0.2, 0.25) is 0 Å². The zero-order valence-corrected chi connectivity index (χ0v) is 8.46. The average molecular weight is 214 g/mol. The lowest BCUT2D eigenvalue weighted by atomic mass is 9.90. The van der Waals surface area contributed by atoms with E-state index in [1.807, 2.05) is 0 Å². The van der Waals surface area contributed by atoms with E-state index in [9.17, 15) is 14.7 Å². The molecule has 0 saturated heterocycles.